The summed E-state index contributed by atoms with van der Waals surface area (Å²) < 4.78 is 32.3. The molecule has 1 unspecified atom stereocenters. The number of hydrogen-bond acceptors (Lipinski definition) is 4. The van der Waals surface area contributed by atoms with E-state index in [0.29, 0.717) is 12.3 Å². The molecule has 1 aromatic rings. The van der Waals surface area contributed by atoms with Gasteiger partial charge in [-0.2, -0.15) is 0 Å². The quantitative estimate of drug-likeness (QED) is 0.777. The van der Waals surface area contributed by atoms with Crippen LogP contribution in [-0.4, -0.2) is 28.2 Å². The van der Waals surface area contributed by atoms with Crippen molar-refractivity contribution in [1.82, 2.24) is 4.72 Å². The van der Waals surface area contributed by atoms with Crippen molar-refractivity contribution in [3.63, 3.8) is 0 Å². The summed E-state index contributed by atoms with van der Waals surface area (Å²) in [6, 6.07) is 4.52. The van der Waals surface area contributed by atoms with Crippen molar-refractivity contribution in [2.24, 2.45) is 5.92 Å². The zero-order valence-electron chi connectivity index (χ0n) is 11.8. The molecule has 0 bridgehead atoms. The summed E-state index contributed by atoms with van der Waals surface area (Å²) in [5, 5.41) is 0. The molecule has 1 aromatic carbocycles. The van der Waals surface area contributed by atoms with Crippen LogP contribution < -0.4 is 10.5 Å². The fourth-order valence-corrected chi connectivity index (χ4v) is 3.25. The van der Waals surface area contributed by atoms with Crippen molar-refractivity contribution in [2.45, 2.75) is 31.7 Å². The third-order valence-corrected chi connectivity index (χ3v) is 4.31. The number of sulfonamides is 1. The maximum Gasteiger partial charge on any atom is 0.240 e. The molecule has 0 aromatic heterocycles. The molecule has 1 atom stereocenters. The van der Waals surface area contributed by atoms with Crippen LogP contribution in [0.2, 0.25) is 0 Å². The lowest BCUT2D eigenvalue weighted by Crippen LogP contribution is -2.41. The average Bonchev–Trinajstić information content (AvgIpc) is 2.26. The molecular formula is C13H22N2O3S. The van der Waals surface area contributed by atoms with Crippen molar-refractivity contribution in [3.05, 3.63) is 23.8 Å². The molecule has 19 heavy (non-hydrogen) atoms. The lowest BCUT2D eigenvalue weighted by molar-refractivity contribution is 0.157. The van der Waals surface area contributed by atoms with E-state index in [9.17, 15) is 8.42 Å². The molecule has 5 nitrogen and oxygen atoms in total. The second-order valence-corrected chi connectivity index (χ2v) is 6.72. The third-order valence-electron chi connectivity index (χ3n) is 2.84. The highest BCUT2D eigenvalue weighted by Gasteiger charge is 2.22. The molecule has 0 amide bonds. The van der Waals surface area contributed by atoms with Gasteiger partial charge >= 0.3 is 0 Å². The Labute approximate surface area is 115 Å². The summed E-state index contributed by atoms with van der Waals surface area (Å²) >= 11 is 0. The Morgan fingerprint density at radius 2 is 1.95 bits per heavy atom. The lowest BCUT2D eigenvalue weighted by Gasteiger charge is -2.21. The standard InChI is InChI=1S/C13H22N2O3S/c1-9(2)13(8-18-4)15-19(16,17)12-6-10(3)5-11(14)7-12/h5-7,9,13,15H,8,14H2,1-4H3. The number of aryl methyl sites for hydroxylation is 1. The molecule has 0 aliphatic rings. The van der Waals surface area contributed by atoms with Crippen molar-refractivity contribution in [1.29, 1.82) is 0 Å². The fourth-order valence-electron chi connectivity index (χ4n) is 1.74. The molecule has 6 heteroatoms. The molecule has 0 saturated heterocycles. The van der Waals surface area contributed by atoms with Gasteiger partial charge in [-0.05, 0) is 36.6 Å². The normalized spacial score (nSPS) is 13.7. The molecule has 1 rings (SSSR count). The van der Waals surface area contributed by atoms with Gasteiger partial charge in [0.2, 0.25) is 10.0 Å². The highest BCUT2D eigenvalue weighted by molar-refractivity contribution is 7.89. The van der Waals surface area contributed by atoms with Gasteiger partial charge in [0.05, 0.1) is 11.5 Å². The van der Waals surface area contributed by atoms with Crippen LogP contribution in [0.3, 0.4) is 0 Å². The Balaban J connectivity index is 3.03. The topological polar surface area (TPSA) is 81.4 Å². The van der Waals surface area contributed by atoms with Crippen LogP contribution in [0.25, 0.3) is 0 Å². The minimum absolute atomic E-state index is 0.136. The van der Waals surface area contributed by atoms with Crippen molar-refractivity contribution >= 4 is 15.7 Å². The van der Waals surface area contributed by atoms with Crippen LogP contribution in [0.1, 0.15) is 19.4 Å². The van der Waals surface area contributed by atoms with Crippen molar-refractivity contribution in [3.8, 4) is 0 Å². The average molecular weight is 286 g/mol. The minimum atomic E-state index is -3.58. The first-order valence-electron chi connectivity index (χ1n) is 6.14. The summed E-state index contributed by atoms with van der Waals surface area (Å²) in [5.74, 6) is 0.136. The fraction of sp³-hybridized carbons (Fsp3) is 0.538. The van der Waals surface area contributed by atoms with E-state index >= 15 is 0 Å². The number of nitrogen functional groups attached to an aromatic ring is 1. The van der Waals surface area contributed by atoms with Gasteiger partial charge in [-0.15, -0.1) is 0 Å². The van der Waals surface area contributed by atoms with Gasteiger partial charge in [-0.3, -0.25) is 0 Å². The molecule has 3 N–H and O–H groups in total. The number of methoxy groups -OCH3 is 1. The van der Waals surface area contributed by atoms with E-state index in [0.717, 1.165) is 5.56 Å². The van der Waals surface area contributed by atoms with Gasteiger partial charge in [0, 0.05) is 18.8 Å². The maximum absolute atomic E-state index is 12.3. The predicted octanol–water partition coefficient (Wildman–Crippen LogP) is 1.53. The molecule has 0 fully saturated rings. The van der Waals surface area contributed by atoms with E-state index in [2.05, 4.69) is 4.72 Å². The highest BCUT2D eigenvalue weighted by atomic mass is 32.2. The largest absolute Gasteiger partial charge is 0.399 e. The molecule has 0 aliphatic carbocycles. The molecule has 0 spiro atoms. The number of ether oxygens (including phenoxy) is 1. The second-order valence-electron chi connectivity index (χ2n) is 5.01. The predicted molar refractivity (Wildman–Crippen MR) is 76.4 cm³/mol. The van der Waals surface area contributed by atoms with Crippen LogP contribution >= 0.6 is 0 Å². The zero-order chi connectivity index (χ0) is 14.6. The van der Waals surface area contributed by atoms with Crippen molar-refractivity contribution in [2.75, 3.05) is 19.5 Å². The van der Waals surface area contributed by atoms with Gasteiger partial charge < -0.3 is 10.5 Å². The number of benzene rings is 1. The van der Waals surface area contributed by atoms with E-state index in [-0.39, 0.29) is 16.9 Å². The number of nitrogens with one attached hydrogen (secondary N) is 1. The van der Waals surface area contributed by atoms with Crippen molar-refractivity contribution < 1.29 is 13.2 Å². The summed E-state index contributed by atoms with van der Waals surface area (Å²) in [6.45, 7) is 6.02. The van der Waals surface area contributed by atoms with E-state index in [1.54, 1.807) is 19.2 Å². The van der Waals surface area contributed by atoms with E-state index < -0.39 is 10.0 Å². The monoisotopic (exact) mass is 286 g/mol. The van der Waals surface area contributed by atoms with E-state index in [1.807, 2.05) is 20.8 Å². The van der Waals surface area contributed by atoms with Crippen LogP contribution in [0.4, 0.5) is 5.69 Å². The second kappa shape index (κ2) is 6.36. The zero-order valence-corrected chi connectivity index (χ0v) is 12.6. The first-order chi connectivity index (χ1) is 8.76. The molecule has 0 aliphatic heterocycles. The number of rotatable bonds is 6. The summed E-state index contributed by atoms with van der Waals surface area (Å²) in [4.78, 5) is 0.187. The van der Waals surface area contributed by atoms with Gasteiger partial charge in [-0.25, -0.2) is 13.1 Å². The minimum Gasteiger partial charge on any atom is -0.399 e. The Bertz CT molecular complexity index is 506. The first kappa shape index (κ1) is 15.9. The van der Waals surface area contributed by atoms with Gasteiger partial charge in [-0.1, -0.05) is 13.8 Å². The van der Waals surface area contributed by atoms with Crippen LogP contribution in [0, 0.1) is 12.8 Å². The number of hydrogen-bond donors (Lipinski definition) is 2. The van der Waals surface area contributed by atoms with Gasteiger partial charge in [0.15, 0.2) is 0 Å². The van der Waals surface area contributed by atoms with E-state index in [1.165, 1.54) is 6.07 Å². The highest BCUT2D eigenvalue weighted by Crippen LogP contribution is 2.17. The summed E-state index contributed by atoms with van der Waals surface area (Å²) in [5.41, 5.74) is 6.94. The van der Waals surface area contributed by atoms with Gasteiger partial charge in [0.1, 0.15) is 0 Å². The molecule has 0 heterocycles. The molecular weight excluding hydrogens is 264 g/mol. The Morgan fingerprint density at radius 3 is 2.42 bits per heavy atom. The Kier molecular flexibility index (Phi) is 5.34. The smallest absolute Gasteiger partial charge is 0.240 e. The third kappa shape index (κ3) is 4.49. The van der Waals surface area contributed by atoms with Crippen LogP contribution in [0.5, 0.6) is 0 Å². The maximum atomic E-state index is 12.3. The van der Waals surface area contributed by atoms with Crippen LogP contribution in [-0.2, 0) is 14.8 Å². The molecule has 108 valence electrons. The summed E-state index contributed by atoms with van der Waals surface area (Å²) in [6.07, 6.45) is 0. The Hall–Kier alpha value is -1.11. The molecule has 0 radical (unpaired) electrons. The summed E-state index contributed by atoms with van der Waals surface area (Å²) in [7, 11) is -2.03. The first-order valence-corrected chi connectivity index (χ1v) is 7.63. The van der Waals surface area contributed by atoms with E-state index in [4.69, 9.17) is 10.5 Å². The number of nitrogens with two attached hydrogens (primary N) is 1. The molecule has 0 saturated carbocycles. The van der Waals surface area contributed by atoms with Crippen LogP contribution in [0.15, 0.2) is 23.1 Å². The van der Waals surface area contributed by atoms with Gasteiger partial charge in [0.25, 0.3) is 0 Å². The SMILES string of the molecule is COCC(NS(=O)(=O)c1cc(C)cc(N)c1)C(C)C. The lowest BCUT2D eigenvalue weighted by atomic mass is 10.1. The Morgan fingerprint density at radius 1 is 1.32 bits per heavy atom. The number of anilines is 1.